The summed E-state index contributed by atoms with van der Waals surface area (Å²) in [6, 6.07) is 3.57. The van der Waals surface area contributed by atoms with Crippen LogP contribution in [0, 0.1) is 18.7 Å². The summed E-state index contributed by atoms with van der Waals surface area (Å²) in [6.45, 7) is 1.59. The molecule has 19 heavy (non-hydrogen) atoms. The van der Waals surface area contributed by atoms with Crippen LogP contribution in [0.15, 0.2) is 23.1 Å². The molecule has 1 saturated carbocycles. The lowest BCUT2D eigenvalue weighted by molar-refractivity contribution is 0.480. The summed E-state index contributed by atoms with van der Waals surface area (Å²) in [4.78, 5) is 0.133. The summed E-state index contributed by atoms with van der Waals surface area (Å²) in [5, 5.41) is 0. The van der Waals surface area contributed by atoms with E-state index in [1.165, 1.54) is 12.1 Å². The first-order valence-electron chi connectivity index (χ1n) is 6.28. The van der Waals surface area contributed by atoms with Crippen LogP contribution in [0.1, 0.15) is 24.8 Å². The van der Waals surface area contributed by atoms with E-state index in [-0.39, 0.29) is 16.9 Å². The number of hydrogen-bond acceptors (Lipinski definition) is 2. The monoisotopic (exact) mass is 305 g/mol. The van der Waals surface area contributed by atoms with Crippen molar-refractivity contribution >= 4 is 21.6 Å². The van der Waals surface area contributed by atoms with Crippen molar-refractivity contribution in [3.8, 4) is 0 Å². The first-order valence-corrected chi connectivity index (χ1v) is 8.30. The summed E-state index contributed by atoms with van der Waals surface area (Å²) in [6.07, 6.45) is 2.73. The van der Waals surface area contributed by atoms with E-state index in [0.29, 0.717) is 11.4 Å². The molecule has 0 aliphatic heterocycles. The molecular formula is C13H17ClFNO2S. The van der Waals surface area contributed by atoms with Crippen molar-refractivity contribution in [2.45, 2.75) is 37.1 Å². The molecule has 2 unspecified atom stereocenters. The number of sulfonamides is 1. The first-order chi connectivity index (χ1) is 8.94. The quantitative estimate of drug-likeness (QED) is 0.870. The van der Waals surface area contributed by atoms with Gasteiger partial charge in [-0.25, -0.2) is 17.5 Å². The lowest BCUT2D eigenvalue weighted by Crippen LogP contribution is -2.38. The largest absolute Gasteiger partial charge is 0.241 e. The summed E-state index contributed by atoms with van der Waals surface area (Å²) in [5.41, 5.74) is 0.410. The van der Waals surface area contributed by atoms with Gasteiger partial charge in [0.05, 0.1) is 4.90 Å². The highest BCUT2D eigenvalue weighted by Crippen LogP contribution is 2.28. The Labute approximate surface area is 118 Å². The topological polar surface area (TPSA) is 46.2 Å². The Balaban J connectivity index is 2.23. The van der Waals surface area contributed by atoms with E-state index in [1.54, 1.807) is 6.92 Å². The summed E-state index contributed by atoms with van der Waals surface area (Å²) in [7, 11) is -3.61. The number of alkyl halides is 1. The minimum absolute atomic E-state index is 0.119. The second-order valence-electron chi connectivity index (χ2n) is 4.98. The van der Waals surface area contributed by atoms with Crippen LogP contribution >= 0.6 is 11.6 Å². The molecule has 0 amide bonds. The number of aryl methyl sites for hydroxylation is 1. The molecule has 106 valence electrons. The third-order valence-electron chi connectivity index (χ3n) is 3.59. The molecule has 2 atom stereocenters. The summed E-state index contributed by atoms with van der Waals surface area (Å²) < 4.78 is 40.3. The third-order valence-corrected chi connectivity index (χ3v) is 5.64. The van der Waals surface area contributed by atoms with Crippen molar-refractivity contribution in [3.63, 3.8) is 0 Å². The zero-order chi connectivity index (χ0) is 14.0. The van der Waals surface area contributed by atoms with Gasteiger partial charge in [0, 0.05) is 11.9 Å². The van der Waals surface area contributed by atoms with E-state index in [1.807, 2.05) is 0 Å². The number of hydrogen-bond donors (Lipinski definition) is 1. The second-order valence-corrected chi connectivity index (χ2v) is 6.97. The fraction of sp³-hybridized carbons (Fsp3) is 0.538. The molecule has 1 fully saturated rings. The molecular weight excluding hydrogens is 289 g/mol. The van der Waals surface area contributed by atoms with Crippen LogP contribution in [0.2, 0.25) is 0 Å². The minimum Gasteiger partial charge on any atom is -0.208 e. The Morgan fingerprint density at radius 2 is 2.16 bits per heavy atom. The average molecular weight is 306 g/mol. The third kappa shape index (κ3) is 3.27. The molecule has 0 bridgehead atoms. The highest BCUT2D eigenvalue weighted by Gasteiger charge is 2.31. The van der Waals surface area contributed by atoms with E-state index in [0.717, 1.165) is 25.3 Å². The minimum atomic E-state index is -3.61. The number of nitrogens with one attached hydrogen (secondary N) is 1. The van der Waals surface area contributed by atoms with E-state index in [2.05, 4.69) is 4.72 Å². The summed E-state index contributed by atoms with van der Waals surface area (Å²) >= 11 is 5.85. The van der Waals surface area contributed by atoms with Crippen LogP contribution in [-0.2, 0) is 10.0 Å². The second kappa shape index (κ2) is 5.77. The van der Waals surface area contributed by atoms with Crippen LogP contribution < -0.4 is 4.72 Å². The van der Waals surface area contributed by atoms with Gasteiger partial charge in [-0.15, -0.1) is 11.6 Å². The maximum Gasteiger partial charge on any atom is 0.241 e. The van der Waals surface area contributed by atoms with Crippen LogP contribution in [0.3, 0.4) is 0 Å². The Bertz CT molecular complexity index is 562. The Kier molecular flexibility index (Phi) is 4.48. The predicted octanol–water partition coefficient (Wildman–Crippen LogP) is 2.82. The Morgan fingerprint density at radius 3 is 2.79 bits per heavy atom. The standard InChI is InChI=1S/C13H17ClFNO2S/c1-9-7-11(15)5-6-13(9)19(17,18)16-12-4-2-3-10(12)8-14/h5-7,10,12,16H,2-4,8H2,1H3. The van der Waals surface area contributed by atoms with Gasteiger partial charge in [-0.3, -0.25) is 0 Å². The molecule has 2 rings (SSSR count). The fourth-order valence-corrected chi connectivity index (χ4v) is 4.49. The predicted molar refractivity (Wildman–Crippen MR) is 73.3 cm³/mol. The van der Waals surface area contributed by atoms with Gasteiger partial charge in [-0.2, -0.15) is 0 Å². The molecule has 0 spiro atoms. The molecule has 1 aromatic carbocycles. The van der Waals surface area contributed by atoms with Gasteiger partial charge in [0.2, 0.25) is 10.0 Å². The zero-order valence-electron chi connectivity index (χ0n) is 10.7. The van der Waals surface area contributed by atoms with Crippen LogP contribution in [0.5, 0.6) is 0 Å². The maximum absolute atomic E-state index is 13.0. The van der Waals surface area contributed by atoms with E-state index in [9.17, 15) is 12.8 Å². The smallest absolute Gasteiger partial charge is 0.208 e. The number of halogens is 2. The van der Waals surface area contributed by atoms with Crippen molar-refractivity contribution in [1.29, 1.82) is 0 Å². The fourth-order valence-electron chi connectivity index (χ4n) is 2.55. The first kappa shape index (κ1) is 14.8. The van der Waals surface area contributed by atoms with Crippen LogP contribution in [0.25, 0.3) is 0 Å². The molecule has 1 aliphatic rings. The van der Waals surface area contributed by atoms with Gasteiger partial charge < -0.3 is 0 Å². The normalized spacial score (nSPS) is 23.7. The Morgan fingerprint density at radius 1 is 1.42 bits per heavy atom. The molecule has 3 nitrogen and oxygen atoms in total. The average Bonchev–Trinajstić information content (AvgIpc) is 2.74. The molecule has 0 radical (unpaired) electrons. The van der Waals surface area contributed by atoms with Gasteiger partial charge in [-0.1, -0.05) is 6.42 Å². The summed E-state index contributed by atoms with van der Waals surface area (Å²) in [5.74, 6) is 0.198. The number of rotatable bonds is 4. The van der Waals surface area contributed by atoms with Crippen LogP contribution in [0.4, 0.5) is 4.39 Å². The van der Waals surface area contributed by atoms with E-state index >= 15 is 0 Å². The van der Waals surface area contributed by atoms with E-state index < -0.39 is 15.8 Å². The van der Waals surface area contributed by atoms with Crippen molar-refractivity contribution in [2.75, 3.05) is 5.88 Å². The molecule has 0 saturated heterocycles. The van der Waals surface area contributed by atoms with Gasteiger partial charge >= 0.3 is 0 Å². The lowest BCUT2D eigenvalue weighted by atomic mass is 10.1. The Hall–Kier alpha value is -0.650. The van der Waals surface area contributed by atoms with E-state index in [4.69, 9.17) is 11.6 Å². The van der Waals surface area contributed by atoms with Gasteiger partial charge in [0.1, 0.15) is 5.82 Å². The van der Waals surface area contributed by atoms with Gasteiger partial charge in [0.25, 0.3) is 0 Å². The highest BCUT2D eigenvalue weighted by molar-refractivity contribution is 7.89. The molecule has 1 N–H and O–H groups in total. The van der Waals surface area contributed by atoms with Gasteiger partial charge in [0.15, 0.2) is 0 Å². The SMILES string of the molecule is Cc1cc(F)ccc1S(=O)(=O)NC1CCCC1CCl. The molecule has 0 heterocycles. The maximum atomic E-state index is 13.0. The molecule has 1 aromatic rings. The van der Waals surface area contributed by atoms with Crippen molar-refractivity contribution < 1.29 is 12.8 Å². The molecule has 6 heteroatoms. The molecule has 0 aromatic heterocycles. The van der Waals surface area contributed by atoms with Crippen molar-refractivity contribution in [3.05, 3.63) is 29.6 Å². The van der Waals surface area contributed by atoms with Crippen molar-refractivity contribution in [1.82, 2.24) is 4.72 Å². The zero-order valence-corrected chi connectivity index (χ0v) is 12.3. The van der Waals surface area contributed by atoms with Crippen LogP contribution in [-0.4, -0.2) is 20.3 Å². The number of benzene rings is 1. The van der Waals surface area contributed by atoms with Gasteiger partial charge in [-0.05, 0) is 49.4 Å². The van der Waals surface area contributed by atoms with Crippen molar-refractivity contribution in [2.24, 2.45) is 5.92 Å². The highest BCUT2D eigenvalue weighted by atomic mass is 35.5. The lowest BCUT2D eigenvalue weighted by Gasteiger charge is -2.19. The molecule has 1 aliphatic carbocycles.